The van der Waals surface area contributed by atoms with Crippen molar-refractivity contribution in [3.63, 3.8) is 0 Å². The molecule has 510 valence electrons. The van der Waals surface area contributed by atoms with Crippen molar-refractivity contribution in [1.29, 1.82) is 0 Å². The maximum Gasteiger partial charge on any atom is 0.220 e. The maximum atomic E-state index is 13.4. The van der Waals surface area contributed by atoms with Gasteiger partial charge >= 0.3 is 0 Å². The number of carbonyl (C=O) groups is 1. The van der Waals surface area contributed by atoms with Crippen LogP contribution >= 0.6 is 0 Å². The molecule has 3 fully saturated rings. The molecule has 12 N–H and O–H groups in total. The van der Waals surface area contributed by atoms with Crippen molar-refractivity contribution in [1.82, 2.24) is 5.32 Å². The lowest BCUT2D eigenvalue weighted by Gasteiger charge is -2.48. The Kier molecular flexibility index (Phi) is 46.0. The molecule has 19 heteroatoms. The molecule has 3 rings (SSSR count). The average molecular weight is 1240 g/mol. The smallest absolute Gasteiger partial charge is 0.220 e. The molecule has 3 saturated heterocycles. The van der Waals surface area contributed by atoms with E-state index in [2.05, 4.69) is 43.5 Å². The molecule has 17 atom stereocenters. The number of hydrogen-bond acceptors (Lipinski definition) is 18. The number of carbonyl (C=O) groups excluding carboxylic acids is 1. The predicted molar refractivity (Wildman–Crippen MR) is 337 cm³/mol. The van der Waals surface area contributed by atoms with Gasteiger partial charge in [-0.25, -0.2) is 0 Å². The Balaban J connectivity index is 1.41. The first kappa shape index (κ1) is 79.2. The van der Waals surface area contributed by atoms with Crippen LogP contribution in [0, 0.1) is 0 Å². The summed E-state index contributed by atoms with van der Waals surface area (Å²) in [5.41, 5.74) is 0. The van der Waals surface area contributed by atoms with Crippen LogP contribution in [0.15, 0.2) is 36.5 Å². The molecule has 0 radical (unpaired) electrons. The van der Waals surface area contributed by atoms with Crippen LogP contribution in [0.4, 0.5) is 0 Å². The molecular formula is C68H125NO18. The van der Waals surface area contributed by atoms with Gasteiger partial charge in [-0.15, -0.1) is 0 Å². The number of rotatable bonds is 53. The summed E-state index contributed by atoms with van der Waals surface area (Å²) in [5, 5.41) is 120. The quantitative estimate of drug-likeness (QED) is 0.0200. The second kappa shape index (κ2) is 50.6. The van der Waals surface area contributed by atoms with E-state index in [0.717, 1.165) is 44.9 Å². The van der Waals surface area contributed by atoms with Crippen molar-refractivity contribution < 1.29 is 89.4 Å². The third-order valence-electron chi connectivity index (χ3n) is 17.4. The summed E-state index contributed by atoms with van der Waals surface area (Å²) in [6.07, 6.45) is 31.4. The average Bonchev–Trinajstić information content (AvgIpc) is 2.91. The van der Waals surface area contributed by atoms with Gasteiger partial charge < -0.3 is 89.9 Å². The van der Waals surface area contributed by atoms with E-state index in [1.54, 1.807) is 6.08 Å². The van der Waals surface area contributed by atoms with Crippen LogP contribution in [0.3, 0.4) is 0 Å². The number of aliphatic hydroxyl groups excluding tert-OH is 11. The fourth-order valence-corrected chi connectivity index (χ4v) is 11.8. The van der Waals surface area contributed by atoms with Gasteiger partial charge in [0.1, 0.15) is 73.2 Å². The summed E-state index contributed by atoms with van der Waals surface area (Å²) in [6.45, 7) is 1.71. The number of unbranched alkanes of at least 4 members (excludes halogenated alkanes) is 33. The molecule has 1 amide bonds. The lowest BCUT2D eigenvalue weighted by atomic mass is 9.96. The molecule has 0 aromatic rings. The largest absolute Gasteiger partial charge is 0.394 e. The second-order valence-electron chi connectivity index (χ2n) is 25.0. The Morgan fingerprint density at radius 3 is 1.15 bits per heavy atom. The van der Waals surface area contributed by atoms with Gasteiger partial charge in [0.05, 0.1) is 38.6 Å². The number of aliphatic hydroxyl groups is 11. The van der Waals surface area contributed by atoms with Gasteiger partial charge in [0.25, 0.3) is 0 Å². The minimum absolute atomic E-state index is 0.236. The second-order valence-corrected chi connectivity index (χ2v) is 25.0. The number of ether oxygens (including phenoxy) is 6. The number of nitrogens with one attached hydrogen (secondary N) is 1. The molecule has 0 aromatic heterocycles. The molecule has 19 nitrogen and oxygen atoms in total. The summed E-state index contributed by atoms with van der Waals surface area (Å²) in [4.78, 5) is 13.4. The highest BCUT2D eigenvalue weighted by Crippen LogP contribution is 2.33. The SMILES string of the molecule is CCCCCCC/C=C/CC/C=C/CC/C=C/C(O)C(COC1OC(CO)C(OC2OC(CO)C(OC3OC(CO)C(O)C(O)C3O)C(O)C2O)C(O)C1O)NC(=O)CCCCCCCCCCCCCCCCCCCCCCCCCCCCC. The highest BCUT2D eigenvalue weighted by atomic mass is 16.8. The van der Waals surface area contributed by atoms with Crippen molar-refractivity contribution in [2.24, 2.45) is 0 Å². The first-order chi connectivity index (χ1) is 42.3. The molecule has 17 unspecified atom stereocenters. The van der Waals surface area contributed by atoms with E-state index in [-0.39, 0.29) is 18.9 Å². The van der Waals surface area contributed by atoms with E-state index in [0.29, 0.717) is 12.8 Å². The highest BCUT2D eigenvalue weighted by Gasteiger charge is 2.53. The fraction of sp³-hybridized carbons (Fsp3) is 0.897. The minimum Gasteiger partial charge on any atom is -0.394 e. The molecule has 0 spiro atoms. The van der Waals surface area contributed by atoms with Crippen LogP contribution in [-0.4, -0.2) is 193 Å². The van der Waals surface area contributed by atoms with Gasteiger partial charge in [-0.1, -0.05) is 243 Å². The number of amides is 1. The third-order valence-corrected chi connectivity index (χ3v) is 17.4. The molecule has 0 saturated carbocycles. The van der Waals surface area contributed by atoms with Crippen LogP contribution in [-0.2, 0) is 33.2 Å². The summed E-state index contributed by atoms with van der Waals surface area (Å²) < 4.78 is 34.3. The molecule has 3 aliphatic heterocycles. The highest BCUT2D eigenvalue weighted by molar-refractivity contribution is 5.76. The van der Waals surface area contributed by atoms with Crippen LogP contribution in [0.5, 0.6) is 0 Å². The fourth-order valence-electron chi connectivity index (χ4n) is 11.8. The van der Waals surface area contributed by atoms with Gasteiger partial charge in [-0.3, -0.25) is 4.79 Å². The first-order valence-electron chi connectivity index (χ1n) is 34.7. The van der Waals surface area contributed by atoms with Crippen LogP contribution in [0.2, 0.25) is 0 Å². The predicted octanol–water partition coefficient (Wildman–Crippen LogP) is 8.83. The summed E-state index contributed by atoms with van der Waals surface area (Å²) in [5.74, 6) is -0.286. The summed E-state index contributed by atoms with van der Waals surface area (Å²) >= 11 is 0. The van der Waals surface area contributed by atoms with Crippen molar-refractivity contribution in [3.8, 4) is 0 Å². The Morgan fingerprint density at radius 1 is 0.402 bits per heavy atom. The maximum absolute atomic E-state index is 13.4. The molecule has 0 aliphatic carbocycles. The van der Waals surface area contributed by atoms with E-state index in [4.69, 9.17) is 28.4 Å². The molecule has 3 aliphatic rings. The minimum atomic E-state index is -1.98. The zero-order chi connectivity index (χ0) is 63.3. The monoisotopic (exact) mass is 1240 g/mol. The standard InChI is InChI=1S/C68H125NO18/c1-3-5-7-9-11-13-15-17-19-20-21-22-23-24-25-26-27-28-29-30-32-34-36-38-40-42-44-46-56(74)69-51(52(73)45-43-41-39-37-35-33-31-18-16-14-12-10-8-6-4-2)50-82-66-62(80)59(77)64(54(48-71)84-66)87-68-63(81)60(78)65(55(49-72)85-68)86-67-61(79)58(76)57(75)53(47-70)83-67/h16,18,35,37,43,45,51-55,57-68,70-73,75-81H,3-15,17,19-34,36,38-42,44,46-50H2,1-2H3,(H,69,74)/b18-16+,37-35+,45-43+. The Bertz CT molecular complexity index is 1720. The number of hydrogen-bond donors (Lipinski definition) is 12. The van der Waals surface area contributed by atoms with Crippen molar-refractivity contribution >= 4 is 5.91 Å². The van der Waals surface area contributed by atoms with Crippen molar-refractivity contribution in [2.75, 3.05) is 26.4 Å². The summed E-state index contributed by atoms with van der Waals surface area (Å²) in [7, 11) is 0. The van der Waals surface area contributed by atoms with Gasteiger partial charge in [0.2, 0.25) is 5.91 Å². The van der Waals surface area contributed by atoms with E-state index in [9.17, 15) is 61.0 Å². The van der Waals surface area contributed by atoms with Crippen LogP contribution < -0.4 is 5.32 Å². The molecule has 0 bridgehead atoms. The van der Waals surface area contributed by atoms with E-state index < -0.39 is 124 Å². The lowest BCUT2D eigenvalue weighted by molar-refractivity contribution is -0.379. The zero-order valence-corrected chi connectivity index (χ0v) is 53.8. The zero-order valence-electron chi connectivity index (χ0n) is 53.8. The van der Waals surface area contributed by atoms with Gasteiger partial charge in [0, 0.05) is 6.42 Å². The van der Waals surface area contributed by atoms with E-state index in [1.165, 1.54) is 180 Å². The topological polar surface area (TPSA) is 307 Å². The summed E-state index contributed by atoms with van der Waals surface area (Å²) in [6, 6.07) is -0.994. The Hall–Kier alpha value is -1.99. The molecule has 0 aromatic carbocycles. The molecular weight excluding hydrogens is 1120 g/mol. The first-order valence-corrected chi connectivity index (χ1v) is 34.7. The Labute approximate surface area is 523 Å². The third kappa shape index (κ3) is 32.9. The van der Waals surface area contributed by atoms with Crippen LogP contribution in [0.1, 0.15) is 258 Å². The Morgan fingerprint density at radius 2 is 0.736 bits per heavy atom. The lowest BCUT2D eigenvalue weighted by Crippen LogP contribution is -2.66. The molecule has 87 heavy (non-hydrogen) atoms. The van der Waals surface area contributed by atoms with Gasteiger partial charge in [0.15, 0.2) is 18.9 Å². The van der Waals surface area contributed by atoms with E-state index in [1.807, 2.05) is 6.08 Å². The van der Waals surface area contributed by atoms with Gasteiger partial charge in [-0.05, 0) is 44.9 Å². The van der Waals surface area contributed by atoms with Crippen molar-refractivity contribution in [2.45, 2.75) is 362 Å². The van der Waals surface area contributed by atoms with E-state index >= 15 is 0 Å². The number of allylic oxidation sites excluding steroid dienone is 5. The van der Waals surface area contributed by atoms with Crippen molar-refractivity contribution in [3.05, 3.63) is 36.5 Å². The molecule has 3 heterocycles. The van der Waals surface area contributed by atoms with Gasteiger partial charge in [-0.2, -0.15) is 0 Å². The normalized spacial score (nSPS) is 28.8. The van der Waals surface area contributed by atoms with Crippen LogP contribution in [0.25, 0.3) is 0 Å².